The van der Waals surface area contributed by atoms with Gasteiger partial charge >= 0.3 is 5.97 Å². The van der Waals surface area contributed by atoms with E-state index in [0.717, 1.165) is 24.9 Å². The molecule has 5 nitrogen and oxygen atoms in total. The van der Waals surface area contributed by atoms with Gasteiger partial charge in [0, 0.05) is 11.3 Å². The van der Waals surface area contributed by atoms with Crippen LogP contribution < -0.4 is 10.1 Å². The van der Waals surface area contributed by atoms with E-state index in [4.69, 9.17) is 9.47 Å². The summed E-state index contributed by atoms with van der Waals surface area (Å²) in [6.45, 7) is 7.38. The molecule has 0 aliphatic carbocycles. The van der Waals surface area contributed by atoms with Crippen LogP contribution >= 0.6 is 0 Å². The Morgan fingerprint density at radius 1 is 0.964 bits per heavy atom. The van der Waals surface area contributed by atoms with Crippen LogP contribution in [0.1, 0.15) is 56.5 Å². The van der Waals surface area contributed by atoms with Gasteiger partial charge in [0.1, 0.15) is 5.75 Å². The van der Waals surface area contributed by atoms with Gasteiger partial charge in [-0.3, -0.25) is 4.79 Å². The first-order chi connectivity index (χ1) is 13.4. The second-order valence-corrected chi connectivity index (χ2v) is 7.02. The Morgan fingerprint density at radius 3 is 2.18 bits per heavy atom. The number of hydrogen-bond acceptors (Lipinski definition) is 4. The Bertz CT molecular complexity index is 766. The number of carbonyl (C=O) groups excluding carboxylic acids is 2. The minimum atomic E-state index is -0.715. The highest BCUT2D eigenvalue weighted by Crippen LogP contribution is 2.17. The fourth-order valence-electron chi connectivity index (χ4n) is 2.60. The number of carbonyl (C=O) groups is 2. The van der Waals surface area contributed by atoms with E-state index < -0.39 is 12.1 Å². The maximum atomic E-state index is 12.4. The molecule has 0 heterocycles. The van der Waals surface area contributed by atoms with Gasteiger partial charge in [-0.05, 0) is 75.6 Å². The van der Waals surface area contributed by atoms with E-state index >= 15 is 0 Å². The highest BCUT2D eigenvalue weighted by Gasteiger charge is 2.17. The molecule has 0 saturated carbocycles. The first-order valence-corrected chi connectivity index (χ1v) is 9.76. The van der Waals surface area contributed by atoms with E-state index in [1.807, 2.05) is 24.3 Å². The third-order valence-corrected chi connectivity index (χ3v) is 4.14. The quantitative estimate of drug-likeness (QED) is 0.619. The second-order valence-electron chi connectivity index (χ2n) is 7.02. The van der Waals surface area contributed by atoms with Crippen LogP contribution in [0.5, 0.6) is 5.75 Å². The van der Waals surface area contributed by atoms with Gasteiger partial charge in [0.05, 0.1) is 6.10 Å². The molecule has 0 unspecified atom stereocenters. The van der Waals surface area contributed by atoms with Crippen LogP contribution in [-0.4, -0.2) is 24.1 Å². The lowest BCUT2D eigenvalue weighted by atomic mass is 10.1. The van der Waals surface area contributed by atoms with Crippen LogP contribution in [0.15, 0.2) is 48.5 Å². The fraction of sp³-hybridized carbons (Fsp3) is 0.391. The number of unbranched alkanes of at least 4 members (excludes halogenated alkanes) is 1. The number of esters is 1. The molecule has 0 aliphatic heterocycles. The average Bonchev–Trinajstić information content (AvgIpc) is 2.67. The van der Waals surface area contributed by atoms with E-state index in [1.165, 1.54) is 5.56 Å². The Balaban J connectivity index is 1.91. The van der Waals surface area contributed by atoms with Crippen LogP contribution in [0, 0.1) is 0 Å². The first kappa shape index (κ1) is 21.5. The molecule has 1 N–H and O–H groups in total. The zero-order valence-electron chi connectivity index (χ0n) is 17.0. The summed E-state index contributed by atoms with van der Waals surface area (Å²) in [7, 11) is 0. The second kappa shape index (κ2) is 10.5. The molecular formula is C23H29NO4. The zero-order valence-corrected chi connectivity index (χ0v) is 17.0. The molecule has 0 bridgehead atoms. The molecule has 0 aromatic heterocycles. The molecule has 28 heavy (non-hydrogen) atoms. The summed E-state index contributed by atoms with van der Waals surface area (Å²) in [5, 5.41) is 2.89. The van der Waals surface area contributed by atoms with Crippen LogP contribution in [0.3, 0.4) is 0 Å². The summed E-state index contributed by atoms with van der Waals surface area (Å²) >= 11 is 0. The standard InChI is InChI=1S/C23H29NO4/c1-5-6-7-18-8-12-20(13-9-18)24-22(25)19-10-14-21(15-11-19)28-17(4)23(26)27-16(2)3/h8-17H,5-7H2,1-4H3,(H,24,25)/t17-/m0/s1. The maximum absolute atomic E-state index is 12.4. The lowest BCUT2D eigenvalue weighted by molar-refractivity contribution is -0.154. The van der Waals surface area contributed by atoms with Gasteiger partial charge in [-0.25, -0.2) is 4.79 Å². The lowest BCUT2D eigenvalue weighted by Gasteiger charge is -2.16. The SMILES string of the molecule is CCCCc1ccc(NC(=O)c2ccc(O[C@@H](C)C(=O)OC(C)C)cc2)cc1. The van der Waals surface area contributed by atoms with Gasteiger partial charge in [0.15, 0.2) is 6.10 Å². The summed E-state index contributed by atoms with van der Waals surface area (Å²) in [5.41, 5.74) is 2.54. The van der Waals surface area contributed by atoms with Gasteiger partial charge < -0.3 is 14.8 Å². The normalized spacial score (nSPS) is 11.8. The van der Waals surface area contributed by atoms with Crippen LogP contribution in [-0.2, 0) is 16.0 Å². The van der Waals surface area contributed by atoms with Crippen molar-refractivity contribution >= 4 is 17.6 Å². The van der Waals surface area contributed by atoms with Crippen molar-refractivity contribution in [2.45, 2.75) is 59.2 Å². The van der Waals surface area contributed by atoms with E-state index in [-0.39, 0.29) is 12.0 Å². The molecule has 1 amide bonds. The number of hydrogen-bond donors (Lipinski definition) is 1. The fourth-order valence-corrected chi connectivity index (χ4v) is 2.60. The number of nitrogens with one attached hydrogen (secondary N) is 1. The Hall–Kier alpha value is -2.82. The molecule has 0 aliphatic rings. The van der Waals surface area contributed by atoms with Gasteiger partial charge in [-0.15, -0.1) is 0 Å². The number of rotatable bonds is 9. The molecule has 150 valence electrons. The zero-order chi connectivity index (χ0) is 20.5. The molecule has 2 aromatic carbocycles. The van der Waals surface area contributed by atoms with E-state index in [1.54, 1.807) is 45.0 Å². The minimum Gasteiger partial charge on any atom is -0.479 e. The van der Waals surface area contributed by atoms with Crippen LogP contribution in [0.4, 0.5) is 5.69 Å². The Labute approximate surface area is 167 Å². The topological polar surface area (TPSA) is 64.6 Å². The van der Waals surface area contributed by atoms with Gasteiger partial charge in [-0.2, -0.15) is 0 Å². The van der Waals surface area contributed by atoms with Crippen molar-refractivity contribution in [3.63, 3.8) is 0 Å². The smallest absolute Gasteiger partial charge is 0.347 e. The van der Waals surface area contributed by atoms with E-state index in [2.05, 4.69) is 12.2 Å². The molecular weight excluding hydrogens is 354 g/mol. The number of aryl methyl sites for hydroxylation is 1. The first-order valence-electron chi connectivity index (χ1n) is 9.76. The summed E-state index contributed by atoms with van der Waals surface area (Å²) in [4.78, 5) is 24.2. The van der Waals surface area contributed by atoms with Crippen molar-refractivity contribution in [3.05, 3.63) is 59.7 Å². The Kier molecular flexibility index (Phi) is 8.05. The van der Waals surface area contributed by atoms with E-state index in [9.17, 15) is 9.59 Å². The largest absolute Gasteiger partial charge is 0.479 e. The number of anilines is 1. The Morgan fingerprint density at radius 2 is 1.61 bits per heavy atom. The van der Waals surface area contributed by atoms with Crippen molar-refractivity contribution in [2.24, 2.45) is 0 Å². The molecule has 0 saturated heterocycles. The maximum Gasteiger partial charge on any atom is 0.347 e. The predicted octanol–water partition coefficient (Wildman–Crippen LogP) is 5.00. The monoisotopic (exact) mass is 383 g/mol. The molecule has 0 radical (unpaired) electrons. The van der Waals surface area contributed by atoms with Crippen molar-refractivity contribution in [3.8, 4) is 5.75 Å². The number of benzene rings is 2. The number of amides is 1. The average molecular weight is 383 g/mol. The summed E-state index contributed by atoms with van der Waals surface area (Å²) in [6.07, 6.45) is 2.47. The van der Waals surface area contributed by atoms with Gasteiger partial charge in [-0.1, -0.05) is 25.5 Å². The van der Waals surface area contributed by atoms with Crippen molar-refractivity contribution in [1.29, 1.82) is 0 Å². The summed E-state index contributed by atoms with van der Waals surface area (Å²) < 4.78 is 10.7. The molecule has 5 heteroatoms. The van der Waals surface area contributed by atoms with Gasteiger partial charge in [0.2, 0.25) is 0 Å². The number of ether oxygens (including phenoxy) is 2. The third-order valence-electron chi connectivity index (χ3n) is 4.14. The molecule has 0 fully saturated rings. The van der Waals surface area contributed by atoms with Crippen LogP contribution in [0.2, 0.25) is 0 Å². The highest BCUT2D eigenvalue weighted by atomic mass is 16.6. The lowest BCUT2D eigenvalue weighted by Crippen LogP contribution is -2.28. The molecule has 1 atom stereocenters. The van der Waals surface area contributed by atoms with Crippen molar-refractivity contribution in [1.82, 2.24) is 0 Å². The minimum absolute atomic E-state index is 0.190. The van der Waals surface area contributed by atoms with Crippen molar-refractivity contribution < 1.29 is 19.1 Å². The van der Waals surface area contributed by atoms with E-state index in [0.29, 0.717) is 11.3 Å². The highest BCUT2D eigenvalue weighted by molar-refractivity contribution is 6.04. The molecule has 0 spiro atoms. The van der Waals surface area contributed by atoms with Crippen molar-refractivity contribution in [2.75, 3.05) is 5.32 Å². The predicted molar refractivity (Wildman–Crippen MR) is 111 cm³/mol. The summed E-state index contributed by atoms with van der Waals surface area (Å²) in [6, 6.07) is 14.6. The third kappa shape index (κ3) is 6.72. The molecule has 2 rings (SSSR count). The summed E-state index contributed by atoms with van der Waals surface area (Å²) in [5.74, 6) is -0.107. The van der Waals surface area contributed by atoms with Crippen LogP contribution in [0.25, 0.3) is 0 Å². The van der Waals surface area contributed by atoms with Gasteiger partial charge in [0.25, 0.3) is 5.91 Å². The molecule has 2 aromatic rings.